The molecule has 0 spiro atoms. The summed E-state index contributed by atoms with van der Waals surface area (Å²) in [7, 11) is 0. The molecule has 0 aliphatic heterocycles. The van der Waals surface area contributed by atoms with Crippen molar-refractivity contribution in [3.05, 3.63) is 89.7 Å². The van der Waals surface area contributed by atoms with Gasteiger partial charge in [-0.25, -0.2) is 0 Å². The number of benzene rings is 2. The Morgan fingerprint density at radius 1 is 1.00 bits per heavy atom. The van der Waals surface area contributed by atoms with Crippen LogP contribution in [-0.4, -0.2) is 27.6 Å². The number of carbonyl (C=O) groups is 2. The van der Waals surface area contributed by atoms with Gasteiger partial charge in [-0.2, -0.15) is 5.10 Å². The van der Waals surface area contributed by atoms with Gasteiger partial charge in [0.1, 0.15) is 6.04 Å². The smallest absolute Gasteiger partial charge is 0.251 e. The van der Waals surface area contributed by atoms with Gasteiger partial charge in [-0.05, 0) is 36.2 Å². The molecule has 0 saturated carbocycles. The van der Waals surface area contributed by atoms with Crippen molar-refractivity contribution in [2.24, 2.45) is 0 Å². The number of aromatic nitrogens is 2. The molecular formula is C21H22N4O2. The highest BCUT2D eigenvalue weighted by Crippen LogP contribution is 2.10. The molecule has 0 aliphatic rings. The number of nitrogens with one attached hydrogen (secondary N) is 2. The monoisotopic (exact) mass is 362 g/mol. The van der Waals surface area contributed by atoms with Crippen molar-refractivity contribution in [2.75, 3.05) is 0 Å². The van der Waals surface area contributed by atoms with E-state index in [1.807, 2.05) is 47.3 Å². The predicted molar refractivity (Wildman–Crippen MR) is 103 cm³/mol. The van der Waals surface area contributed by atoms with E-state index in [1.165, 1.54) is 0 Å². The van der Waals surface area contributed by atoms with E-state index < -0.39 is 6.04 Å². The number of hydrogen-bond donors (Lipinski definition) is 2. The van der Waals surface area contributed by atoms with E-state index in [1.54, 1.807) is 37.4 Å². The minimum Gasteiger partial charge on any atom is -0.350 e. The first-order valence-corrected chi connectivity index (χ1v) is 8.81. The van der Waals surface area contributed by atoms with Gasteiger partial charge in [0.05, 0.1) is 6.54 Å². The van der Waals surface area contributed by atoms with Crippen LogP contribution in [0.4, 0.5) is 0 Å². The summed E-state index contributed by atoms with van der Waals surface area (Å²) in [6.07, 6.45) is 3.64. The van der Waals surface area contributed by atoms with Gasteiger partial charge in [-0.3, -0.25) is 14.3 Å². The van der Waals surface area contributed by atoms with Crippen LogP contribution in [0.5, 0.6) is 0 Å². The second kappa shape index (κ2) is 8.80. The Labute approximate surface area is 158 Å². The highest BCUT2D eigenvalue weighted by atomic mass is 16.2. The lowest BCUT2D eigenvalue weighted by atomic mass is 10.1. The summed E-state index contributed by atoms with van der Waals surface area (Å²) in [6, 6.07) is 18.0. The van der Waals surface area contributed by atoms with Crippen molar-refractivity contribution in [1.82, 2.24) is 20.4 Å². The first-order chi connectivity index (χ1) is 13.1. The maximum absolute atomic E-state index is 12.4. The Morgan fingerprint density at radius 2 is 1.70 bits per heavy atom. The summed E-state index contributed by atoms with van der Waals surface area (Å²) < 4.78 is 1.84. The molecule has 6 heteroatoms. The molecule has 6 nitrogen and oxygen atoms in total. The van der Waals surface area contributed by atoms with E-state index in [2.05, 4.69) is 15.7 Å². The van der Waals surface area contributed by atoms with Crippen LogP contribution in [0.15, 0.2) is 73.1 Å². The molecule has 1 atom stereocenters. The number of carbonyl (C=O) groups excluding carboxylic acids is 2. The largest absolute Gasteiger partial charge is 0.350 e. The van der Waals surface area contributed by atoms with Crippen LogP contribution in [0.1, 0.15) is 28.4 Å². The Kier molecular flexibility index (Phi) is 5.99. The highest BCUT2D eigenvalue weighted by Gasteiger charge is 2.16. The van der Waals surface area contributed by atoms with Crippen LogP contribution in [0.3, 0.4) is 0 Å². The van der Waals surface area contributed by atoms with Crippen molar-refractivity contribution < 1.29 is 9.59 Å². The third-order valence-electron chi connectivity index (χ3n) is 4.24. The summed E-state index contributed by atoms with van der Waals surface area (Å²) in [6.45, 7) is 2.70. The molecule has 0 radical (unpaired) electrons. The minimum atomic E-state index is -0.629. The second-order valence-corrected chi connectivity index (χ2v) is 6.25. The zero-order chi connectivity index (χ0) is 19.1. The maximum Gasteiger partial charge on any atom is 0.251 e. The first kappa shape index (κ1) is 18.4. The van der Waals surface area contributed by atoms with E-state index in [0.717, 1.165) is 11.1 Å². The molecule has 0 aliphatic carbocycles. The van der Waals surface area contributed by atoms with Gasteiger partial charge in [0.15, 0.2) is 0 Å². The lowest BCUT2D eigenvalue weighted by Crippen LogP contribution is -2.44. The molecule has 1 aromatic heterocycles. The molecule has 1 heterocycles. The van der Waals surface area contributed by atoms with Crippen molar-refractivity contribution in [2.45, 2.75) is 26.1 Å². The Morgan fingerprint density at radius 3 is 2.41 bits per heavy atom. The van der Waals surface area contributed by atoms with Gasteiger partial charge >= 0.3 is 0 Å². The van der Waals surface area contributed by atoms with Gasteiger partial charge < -0.3 is 10.6 Å². The molecule has 2 amide bonds. The van der Waals surface area contributed by atoms with Gasteiger partial charge in [-0.1, -0.05) is 42.5 Å². The molecule has 3 rings (SSSR count). The predicted octanol–water partition coefficient (Wildman–Crippen LogP) is 2.37. The molecule has 3 aromatic rings. The summed E-state index contributed by atoms with van der Waals surface area (Å²) in [5.41, 5.74) is 2.63. The van der Waals surface area contributed by atoms with Gasteiger partial charge in [0.2, 0.25) is 5.91 Å². The molecule has 0 bridgehead atoms. The molecule has 138 valence electrons. The van der Waals surface area contributed by atoms with E-state index in [9.17, 15) is 9.59 Å². The summed E-state index contributed by atoms with van der Waals surface area (Å²) in [5.74, 6) is -0.495. The fraction of sp³-hybridized carbons (Fsp3) is 0.190. The van der Waals surface area contributed by atoms with Crippen LogP contribution >= 0.6 is 0 Å². The average Bonchev–Trinajstić information content (AvgIpc) is 3.20. The van der Waals surface area contributed by atoms with Crippen molar-refractivity contribution >= 4 is 11.8 Å². The van der Waals surface area contributed by atoms with E-state index in [4.69, 9.17) is 0 Å². The van der Waals surface area contributed by atoms with Crippen molar-refractivity contribution in [1.29, 1.82) is 0 Å². The third kappa shape index (κ3) is 5.04. The number of hydrogen-bond acceptors (Lipinski definition) is 3. The van der Waals surface area contributed by atoms with Crippen LogP contribution < -0.4 is 10.6 Å². The fourth-order valence-corrected chi connectivity index (χ4v) is 2.72. The van der Waals surface area contributed by atoms with E-state index in [-0.39, 0.29) is 11.8 Å². The quantitative estimate of drug-likeness (QED) is 0.677. The lowest BCUT2D eigenvalue weighted by Gasteiger charge is -2.15. The van der Waals surface area contributed by atoms with E-state index in [0.29, 0.717) is 18.7 Å². The Balaban J connectivity index is 1.56. The Bertz CT molecular complexity index is 892. The fourth-order valence-electron chi connectivity index (χ4n) is 2.72. The summed E-state index contributed by atoms with van der Waals surface area (Å²) >= 11 is 0. The number of rotatable bonds is 7. The summed E-state index contributed by atoms with van der Waals surface area (Å²) in [4.78, 5) is 24.5. The molecule has 2 aromatic carbocycles. The zero-order valence-electron chi connectivity index (χ0n) is 15.1. The van der Waals surface area contributed by atoms with Gasteiger partial charge in [0.25, 0.3) is 5.91 Å². The number of nitrogens with zero attached hydrogens (tertiary/aromatic N) is 2. The molecule has 0 fully saturated rings. The SMILES string of the molecule is CC(NC(=O)c1ccccc1)C(=O)NCc1ccccc1Cn1cccn1. The molecule has 0 saturated heterocycles. The van der Waals surface area contributed by atoms with Gasteiger partial charge in [-0.15, -0.1) is 0 Å². The van der Waals surface area contributed by atoms with Crippen LogP contribution in [-0.2, 0) is 17.9 Å². The summed E-state index contributed by atoms with van der Waals surface area (Å²) in [5, 5.41) is 9.83. The van der Waals surface area contributed by atoms with E-state index >= 15 is 0 Å². The molecule has 27 heavy (non-hydrogen) atoms. The van der Waals surface area contributed by atoms with Crippen molar-refractivity contribution in [3.63, 3.8) is 0 Å². The van der Waals surface area contributed by atoms with Crippen LogP contribution in [0.25, 0.3) is 0 Å². The standard InChI is InChI=1S/C21H22N4O2/c1-16(24-21(27)17-8-3-2-4-9-17)20(26)22-14-18-10-5-6-11-19(18)15-25-13-7-12-23-25/h2-13,16H,14-15H2,1H3,(H,22,26)(H,24,27). The third-order valence-corrected chi connectivity index (χ3v) is 4.24. The van der Waals surface area contributed by atoms with Crippen LogP contribution in [0.2, 0.25) is 0 Å². The topological polar surface area (TPSA) is 76.0 Å². The first-order valence-electron chi connectivity index (χ1n) is 8.81. The zero-order valence-corrected chi connectivity index (χ0v) is 15.1. The maximum atomic E-state index is 12.4. The highest BCUT2D eigenvalue weighted by molar-refractivity contribution is 5.97. The lowest BCUT2D eigenvalue weighted by molar-refractivity contribution is -0.122. The normalized spacial score (nSPS) is 11.6. The minimum absolute atomic E-state index is 0.229. The second-order valence-electron chi connectivity index (χ2n) is 6.25. The molecular weight excluding hydrogens is 340 g/mol. The molecule has 2 N–H and O–H groups in total. The Hall–Kier alpha value is -3.41. The van der Waals surface area contributed by atoms with Gasteiger partial charge in [0, 0.05) is 24.5 Å². The van der Waals surface area contributed by atoms with Crippen molar-refractivity contribution in [3.8, 4) is 0 Å². The molecule has 1 unspecified atom stereocenters. The average molecular weight is 362 g/mol. The number of amides is 2. The van der Waals surface area contributed by atoms with Crippen LogP contribution in [0, 0.1) is 0 Å².